The third kappa shape index (κ3) is 4.30. The summed E-state index contributed by atoms with van der Waals surface area (Å²) in [7, 11) is 1.73. The zero-order chi connectivity index (χ0) is 27.5. The van der Waals surface area contributed by atoms with E-state index in [0.717, 1.165) is 18.4 Å². The molecule has 0 saturated carbocycles. The Morgan fingerprint density at radius 3 is 2.46 bits per heavy atom. The van der Waals surface area contributed by atoms with E-state index in [4.69, 9.17) is 9.72 Å². The molecule has 39 heavy (non-hydrogen) atoms. The van der Waals surface area contributed by atoms with Crippen molar-refractivity contribution in [2.24, 2.45) is 13.0 Å². The third-order valence-corrected chi connectivity index (χ3v) is 7.90. The second-order valence-corrected chi connectivity index (χ2v) is 10.9. The molecule has 9 heteroatoms. The minimum Gasteiger partial charge on any atom is -0.386 e. The number of pyridine rings is 1. The molecule has 3 aromatic heterocycles. The molecule has 4 heterocycles. The Balaban J connectivity index is 1.74. The Morgan fingerprint density at radius 1 is 1.05 bits per heavy atom. The summed E-state index contributed by atoms with van der Waals surface area (Å²) < 4.78 is 40.6. The highest BCUT2D eigenvalue weighted by molar-refractivity contribution is 6.07. The number of aryl methyl sites for hydroxylation is 2. The number of rotatable bonds is 5. The first-order chi connectivity index (χ1) is 18.6. The summed E-state index contributed by atoms with van der Waals surface area (Å²) in [6.45, 7) is 6.36. The summed E-state index contributed by atoms with van der Waals surface area (Å²) in [4.78, 5) is 4.71. The van der Waals surface area contributed by atoms with Gasteiger partial charge in [-0.1, -0.05) is 23.4 Å². The van der Waals surface area contributed by atoms with Crippen molar-refractivity contribution in [1.82, 2.24) is 24.5 Å². The van der Waals surface area contributed by atoms with Gasteiger partial charge in [0.15, 0.2) is 0 Å². The first-order valence-electron chi connectivity index (χ1n) is 13.2. The summed E-state index contributed by atoms with van der Waals surface area (Å²) in [5, 5.41) is 19.7. The molecule has 1 aliphatic heterocycles. The van der Waals surface area contributed by atoms with Crippen LogP contribution in [0.2, 0.25) is 0 Å². The zero-order valence-corrected chi connectivity index (χ0v) is 22.4. The van der Waals surface area contributed by atoms with Crippen LogP contribution in [0.15, 0.2) is 48.7 Å². The van der Waals surface area contributed by atoms with Crippen molar-refractivity contribution in [2.75, 3.05) is 13.2 Å². The summed E-state index contributed by atoms with van der Waals surface area (Å²) in [5.74, 6) is -0.657. The molecule has 1 atom stereocenters. The van der Waals surface area contributed by atoms with Crippen LogP contribution in [0.25, 0.3) is 33.2 Å². The van der Waals surface area contributed by atoms with Crippen molar-refractivity contribution < 1.29 is 18.6 Å². The number of benzene rings is 2. The Labute approximate surface area is 225 Å². The fraction of sp³-hybridized carbons (Fsp3) is 0.367. The van der Waals surface area contributed by atoms with Gasteiger partial charge in [0.25, 0.3) is 0 Å². The average Bonchev–Trinajstić information content (AvgIpc) is 3.40. The Hall–Kier alpha value is -3.69. The number of aliphatic hydroxyl groups is 1. The predicted octanol–water partition coefficient (Wildman–Crippen LogP) is 5.82. The number of nitrogens with zero attached hydrogens (tertiary/aromatic N) is 5. The number of aromatic nitrogens is 5. The van der Waals surface area contributed by atoms with Gasteiger partial charge < -0.3 is 14.4 Å². The van der Waals surface area contributed by atoms with Crippen molar-refractivity contribution in [3.63, 3.8) is 0 Å². The van der Waals surface area contributed by atoms with Crippen molar-refractivity contribution in [1.29, 1.82) is 0 Å². The molecule has 2 aromatic carbocycles. The van der Waals surface area contributed by atoms with Crippen molar-refractivity contribution in [3.05, 3.63) is 77.1 Å². The molecule has 1 saturated heterocycles. The smallest absolute Gasteiger partial charge is 0.133 e. The summed E-state index contributed by atoms with van der Waals surface area (Å²) >= 11 is 0. The Bertz CT molecular complexity index is 1680. The molecule has 7 nitrogen and oxygen atoms in total. The molecule has 0 bridgehead atoms. The van der Waals surface area contributed by atoms with Crippen LogP contribution in [0.1, 0.15) is 49.6 Å². The van der Waals surface area contributed by atoms with Gasteiger partial charge in [-0.05, 0) is 63.8 Å². The molecular weight excluding hydrogens is 500 g/mol. The number of hydrogen-bond donors (Lipinski definition) is 1. The lowest BCUT2D eigenvalue weighted by Crippen LogP contribution is -2.27. The summed E-state index contributed by atoms with van der Waals surface area (Å²) in [6, 6.07) is 11.6. The second kappa shape index (κ2) is 9.50. The van der Waals surface area contributed by atoms with E-state index in [-0.39, 0.29) is 11.7 Å². The minimum atomic E-state index is -1.15. The summed E-state index contributed by atoms with van der Waals surface area (Å²) in [6.07, 6.45) is 3.12. The van der Waals surface area contributed by atoms with Crippen molar-refractivity contribution >= 4 is 21.9 Å². The standard InChI is InChI=1S/C30H31F2N5O2/c1-17-28(36(4)35-34-17)21-15-25-22(14-24(21)32)27-26(13-19(16-33-27)30(2,3)38)37(25)29(18-9-11-39-12-10-18)20-7-5-6-8-23(20)31/h5-8,13-16,18,29,38H,9-12H2,1-4H3. The molecule has 202 valence electrons. The van der Waals surface area contributed by atoms with Gasteiger partial charge in [-0.3, -0.25) is 4.98 Å². The molecule has 0 spiro atoms. The average molecular weight is 532 g/mol. The van der Waals surface area contributed by atoms with Gasteiger partial charge in [0, 0.05) is 48.5 Å². The van der Waals surface area contributed by atoms with E-state index in [1.165, 1.54) is 12.1 Å². The van der Waals surface area contributed by atoms with Gasteiger partial charge in [0.2, 0.25) is 0 Å². The van der Waals surface area contributed by atoms with E-state index in [2.05, 4.69) is 14.9 Å². The maximum absolute atomic E-state index is 15.8. The molecule has 5 aromatic rings. The van der Waals surface area contributed by atoms with Crippen LogP contribution in [0.5, 0.6) is 0 Å². The maximum atomic E-state index is 15.8. The number of halogens is 2. The normalized spacial score (nSPS) is 15.9. The molecule has 0 radical (unpaired) electrons. The van der Waals surface area contributed by atoms with Crippen molar-refractivity contribution in [3.8, 4) is 11.3 Å². The van der Waals surface area contributed by atoms with Crippen LogP contribution in [0, 0.1) is 24.5 Å². The molecule has 0 aliphatic carbocycles. The van der Waals surface area contributed by atoms with Gasteiger partial charge in [0.05, 0.1) is 39.6 Å². The highest BCUT2D eigenvalue weighted by atomic mass is 19.1. The van der Waals surface area contributed by atoms with Crippen LogP contribution >= 0.6 is 0 Å². The van der Waals surface area contributed by atoms with Crippen LogP contribution < -0.4 is 0 Å². The minimum absolute atomic E-state index is 0.0638. The van der Waals surface area contributed by atoms with E-state index >= 15 is 8.78 Å². The first-order valence-corrected chi connectivity index (χ1v) is 13.2. The van der Waals surface area contributed by atoms with Crippen LogP contribution in [-0.4, -0.2) is 42.9 Å². The largest absolute Gasteiger partial charge is 0.386 e. The Kier molecular flexibility index (Phi) is 6.23. The SMILES string of the molecule is Cc1nnn(C)c1-c1cc2c(cc1F)c1ncc(C(C)(C)O)cc1n2C(c1ccccc1F)C1CCOCC1. The molecule has 6 rings (SSSR count). The summed E-state index contributed by atoms with van der Waals surface area (Å²) in [5.41, 5.74) is 3.59. The maximum Gasteiger partial charge on any atom is 0.133 e. The topological polar surface area (TPSA) is 78.0 Å². The van der Waals surface area contributed by atoms with Crippen LogP contribution in [-0.2, 0) is 17.4 Å². The molecule has 1 unspecified atom stereocenters. The highest BCUT2D eigenvalue weighted by Gasteiger charge is 2.33. The number of hydrogen-bond acceptors (Lipinski definition) is 5. The fourth-order valence-corrected chi connectivity index (χ4v) is 5.92. The zero-order valence-electron chi connectivity index (χ0n) is 22.4. The molecular formula is C30H31F2N5O2. The quantitative estimate of drug-likeness (QED) is 0.310. The third-order valence-electron chi connectivity index (χ3n) is 7.90. The van der Waals surface area contributed by atoms with E-state index in [1.807, 2.05) is 18.2 Å². The highest BCUT2D eigenvalue weighted by Crippen LogP contribution is 2.43. The first kappa shape index (κ1) is 25.6. The lowest BCUT2D eigenvalue weighted by Gasteiger charge is -2.33. The monoisotopic (exact) mass is 531 g/mol. The van der Waals surface area contributed by atoms with Crippen LogP contribution in [0.4, 0.5) is 8.78 Å². The fourth-order valence-electron chi connectivity index (χ4n) is 5.92. The van der Waals surface area contributed by atoms with Gasteiger partial charge in [-0.25, -0.2) is 13.5 Å². The van der Waals surface area contributed by atoms with E-state index in [0.29, 0.717) is 57.7 Å². The molecule has 1 fully saturated rings. The second-order valence-electron chi connectivity index (χ2n) is 10.9. The van der Waals surface area contributed by atoms with Gasteiger partial charge in [-0.2, -0.15) is 0 Å². The van der Waals surface area contributed by atoms with E-state index < -0.39 is 17.5 Å². The van der Waals surface area contributed by atoms with E-state index in [1.54, 1.807) is 50.8 Å². The lowest BCUT2D eigenvalue weighted by atomic mass is 9.86. The van der Waals surface area contributed by atoms with Crippen molar-refractivity contribution in [2.45, 2.75) is 45.3 Å². The lowest BCUT2D eigenvalue weighted by molar-refractivity contribution is 0.0548. The molecule has 0 amide bonds. The predicted molar refractivity (Wildman–Crippen MR) is 145 cm³/mol. The Morgan fingerprint density at radius 2 is 1.79 bits per heavy atom. The molecule has 1 N–H and O–H groups in total. The van der Waals surface area contributed by atoms with E-state index in [9.17, 15) is 5.11 Å². The van der Waals surface area contributed by atoms with Gasteiger partial charge >= 0.3 is 0 Å². The number of ether oxygens (including phenoxy) is 1. The van der Waals surface area contributed by atoms with Crippen LogP contribution in [0.3, 0.4) is 0 Å². The molecule has 1 aliphatic rings. The van der Waals surface area contributed by atoms with Gasteiger partial charge in [0.1, 0.15) is 11.6 Å². The number of fused-ring (bicyclic) bond motifs is 3. The van der Waals surface area contributed by atoms with Gasteiger partial charge in [-0.15, -0.1) is 5.10 Å².